The van der Waals surface area contributed by atoms with Crippen molar-refractivity contribution in [3.63, 3.8) is 0 Å². The summed E-state index contributed by atoms with van der Waals surface area (Å²) >= 11 is 0. The van der Waals surface area contributed by atoms with E-state index in [-0.39, 0.29) is 78.9 Å². The maximum absolute atomic E-state index is 13.4. The molecule has 4 amide bonds. The van der Waals surface area contributed by atoms with E-state index in [1.165, 1.54) is 13.8 Å². The summed E-state index contributed by atoms with van der Waals surface area (Å²) in [6.45, 7) is 6.11. The smallest absolute Gasteiger partial charge is 0.222 e. The van der Waals surface area contributed by atoms with Gasteiger partial charge in [0.25, 0.3) is 0 Å². The van der Waals surface area contributed by atoms with Gasteiger partial charge >= 0.3 is 0 Å². The van der Waals surface area contributed by atoms with E-state index in [0.29, 0.717) is 51.7 Å². The van der Waals surface area contributed by atoms with Gasteiger partial charge in [0.05, 0.1) is 0 Å². The Hall–Kier alpha value is -2.98. The second-order valence-corrected chi connectivity index (χ2v) is 15.1. The predicted octanol–water partition coefficient (Wildman–Crippen LogP) is 1.58. The standard InChI is InChI=1S/C40H79N9O6/c1-30(50)24-32(14-7-10-19-41)26-37(52)46-22-13-17-35(25-31(2)51)48-40(55)29-36(49-39(54)28-34(45-6)16-9-12-21-43-4)18-23-47-38(53)27-33(44-5)15-8-11-20-42-3/h32-36,42-45H,7-29,41H2,1-6H3,(H,46,52)(H,47,53)(H,48,55)(H,49,54). The van der Waals surface area contributed by atoms with Gasteiger partial charge < -0.3 is 53.1 Å². The third kappa shape index (κ3) is 30.9. The van der Waals surface area contributed by atoms with Gasteiger partial charge in [0.15, 0.2) is 0 Å². The molecule has 0 heterocycles. The Morgan fingerprint density at radius 3 is 1.40 bits per heavy atom. The van der Waals surface area contributed by atoms with Crippen molar-refractivity contribution >= 4 is 35.2 Å². The Balaban J connectivity index is 5.35. The molecule has 0 aromatic heterocycles. The Bertz CT molecular complexity index is 1080. The highest BCUT2D eigenvalue weighted by Gasteiger charge is 2.22. The molecule has 15 heteroatoms. The molecule has 0 saturated heterocycles. The van der Waals surface area contributed by atoms with Crippen LogP contribution in [-0.4, -0.2) is 120 Å². The highest BCUT2D eigenvalue weighted by atomic mass is 16.2. The van der Waals surface area contributed by atoms with Crippen molar-refractivity contribution in [1.29, 1.82) is 0 Å². The van der Waals surface area contributed by atoms with Crippen molar-refractivity contribution in [3.8, 4) is 0 Å². The number of amides is 4. The second-order valence-electron chi connectivity index (χ2n) is 15.1. The number of rotatable bonds is 37. The quantitative estimate of drug-likeness (QED) is 0.0412. The van der Waals surface area contributed by atoms with Gasteiger partial charge in [0, 0.05) is 75.8 Å². The van der Waals surface area contributed by atoms with Crippen LogP contribution in [0.5, 0.6) is 0 Å². The van der Waals surface area contributed by atoms with Crippen LogP contribution >= 0.6 is 0 Å². The number of ketones is 2. The van der Waals surface area contributed by atoms with Crippen LogP contribution in [0, 0.1) is 5.92 Å². The summed E-state index contributed by atoms with van der Waals surface area (Å²) in [6, 6.07) is -0.903. The van der Waals surface area contributed by atoms with Gasteiger partial charge in [-0.1, -0.05) is 19.3 Å². The zero-order valence-electron chi connectivity index (χ0n) is 35.2. The van der Waals surface area contributed by atoms with Crippen LogP contribution in [0.2, 0.25) is 0 Å². The number of Topliss-reactive ketones (excluding diaryl/α,β-unsaturated/α-hetero) is 2. The van der Waals surface area contributed by atoms with E-state index in [2.05, 4.69) is 42.5 Å². The number of hydrogen-bond acceptors (Lipinski definition) is 11. The van der Waals surface area contributed by atoms with Crippen LogP contribution in [0.25, 0.3) is 0 Å². The lowest BCUT2D eigenvalue weighted by atomic mass is 9.93. The van der Waals surface area contributed by atoms with E-state index < -0.39 is 12.1 Å². The molecule has 0 aliphatic rings. The van der Waals surface area contributed by atoms with Crippen molar-refractivity contribution in [2.24, 2.45) is 11.7 Å². The molecule has 0 aliphatic heterocycles. The molecule has 0 radical (unpaired) electrons. The number of carbonyl (C=O) groups is 6. The molecule has 5 unspecified atom stereocenters. The molecule has 10 N–H and O–H groups in total. The maximum Gasteiger partial charge on any atom is 0.222 e. The molecule has 320 valence electrons. The molecule has 0 aliphatic carbocycles. The molecule has 0 aromatic rings. The molecule has 5 atom stereocenters. The average molecular weight is 782 g/mol. The van der Waals surface area contributed by atoms with E-state index in [9.17, 15) is 28.8 Å². The number of nitrogens with two attached hydrogens (primary N) is 1. The average Bonchev–Trinajstić information content (AvgIpc) is 3.12. The predicted molar refractivity (Wildman–Crippen MR) is 220 cm³/mol. The molecular formula is C40H79N9O6. The van der Waals surface area contributed by atoms with Crippen LogP contribution in [0.4, 0.5) is 0 Å². The molecule has 0 fully saturated rings. The molecule has 55 heavy (non-hydrogen) atoms. The lowest BCUT2D eigenvalue weighted by Crippen LogP contribution is -2.45. The molecule has 15 nitrogen and oxygen atoms in total. The van der Waals surface area contributed by atoms with E-state index in [0.717, 1.165) is 70.9 Å². The van der Waals surface area contributed by atoms with Gasteiger partial charge in [-0.3, -0.25) is 24.0 Å². The number of unbranched alkanes of at least 4 members (excludes halogenated alkanes) is 3. The monoisotopic (exact) mass is 782 g/mol. The molecule has 0 spiro atoms. The minimum atomic E-state index is -0.527. The first-order valence-corrected chi connectivity index (χ1v) is 20.8. The summed E-state index contributed by atoms with van der Waals surface area (Å²) < 4.78 is 0. The van der Waals surface area contributed by atoms with E-state index in [4.69, 9.17) is 5.73 Å². The van der Waals surface area contributed by atoms with Crippen molar-refractivity contribution in [1.82, 2.24) is 42.5 Å². The SMILES string of the molecule is CNCCCCC(CC(=O)NCCC(CC(=O)NC(CCCNC(=O)CC(CCCCN)CC(C)=O)CC(C)=O)NC(=O)CC(CCCCNC)NC)NC. The number of carbonyl (C=O) groups excluding carboxylic acids is 6. The van der Waals surface area contributed by atoms with Crippen molar-refractivity contribution in [3.05, 3.63) is 0 Å². The number of nitrogens with one attached hydrogen (secondary N) is 8. The van der Waals surface area contributed by atoms with Gasteiger partial charge in [-0.25, -0.2) is 0 Å². The fourth-order valence-corrected chi connectivity index (χ4v) is 6.75. The summed E-state index contributed by atoms with van der Waals surface area (Å²) in [4.78, 5) is 75.9. The Labute approximate surface area is 332 Å². The molecular weight excluding hydrogens is 702 g/mol. The first kappa shape index (κ1) is 52.0. The van der Waals surface area contributed by atoms with Crippen molar-refractivity contribution in [2.75, 3.05) is 60.9 Å². The zero-order chi connectivity index (χ0) is 41.3. The summed E-state index contributed by atoms with van der Waals surface area (Å²) in [5.74, 6) is -0.717. The normalized spacial score (nSPS) is 13.9. The van der Waals surface area contributed by atoms with Crippen LogP contribution in [0.3, 0.4) is 0 Å². The molecule has 0 saturated carbocycles. The third-order valence-corrected chi connectivity index (χ3v) is 9.82. The largest absolute Gasteiger partial charge is 0.356 e. The summed E-state index contributed by atoms with van der Waals surface area (Å²) in [6.07, 6.45) is 11.0. The number of hydrogen-bond donors (Lipinski definition) is 9. The van der Waals surface area contributed by atoms with Gasteiger partial charge in [-0.2, -0.15) is 0 Å². The summed E-state index contributed by atoms with van der Waals surface area (Å²) in [5, 5.41) is 24.6. The van der Waals surface area contributed by atoms with Crippen LogP contribution in [0.1, 0.15) is 129 Å². The highest BCUT2D eigenvalue weighted by Crippen LogP contribution is 2.17. The van der Waals surface area contributed by atoms with Gasteiger partial charge in [-0.05, 0) is 125 Å². The van der Waals surface area contributed by atoms with Crippen molar-refractivity contribution in [2.45, 2.75) is 154 Å². The third-order valence-electron chi connectivity index (χ3n) is 9.82. The zero-order valence-corrected chi connectivity index (χ0v) is 35.2. The van der Waals surface area contributed by atoms with Gasteiger partial charge in [0.1, 0.15) is 11.6 Å². The Morgan fingerprint density at radius 2 is 0.891 bits per heavy atom. The lowest BCUT2D eigenvalue weighted by molar-refractivity contribution is -0.125. The lowest BCUT2D eigenvalue weighted by Gasteiger charge is -2.23. The molecule has 0 aromatic carbocycles. The summed E-state index contributed by atoms with van der Waals surface area (Å²) in [7, 11) is 7.53. The first-order valence-electron chi connectivity index (χ1n) is 20.8. The summed E-state index contributed by atoms with van der Waals surface area (Å²) in [5.41, 5.74) is 5.60. The Kier molecular flexibility index (Phi) is 32.4. The fraction of sp³-hybridized carbons (Fsp3) is 0.850. The van der Waals surface area contributed by atoms with Gasteiger partial charge in [0.2, 0.25) is 23.6 Å². The second kappa shape index (κ2) is 34.3. The highest BCUT2D eigenvalue weighted by molar-refractivity contribution is 5.82. The van der Waals surface area contributed by atoms with E-state index in [1.54, 1.807) is 0 Å². The molecule has 0 rings (SSSR count). The van der Waals surface area contributed by atoms with Crippen molar-refractivity contribution < 1.29 is 28.8 Å². The van der Waals surface area contributed by atoms with E-state index >= 15 is 0 Å². The van der Waals surface area contributed by atoms with Gasteiger partial charge in [-0.15, -0.1) is 0 Å². The minimum Gasteiger partial charge on any atom is -0.356 e. The topological polar surface area (TPSA) is 225 Å². The minimum absolute atomic E-state index is 0.00533. The van der Waals surface area contributed by atoms with Crippen LogP contribution < -0.4 is 48.3 Å². The fourth-order valence-electron chi connectivity index (χ4n) is 6.75. The molecule has 0 bridgehead atoms. The Morgan fingerprint density at radius 1 is 0.436 bits per heavy atom. The van der Waals surface area contributed by atoms with Crippen LogP contribution in [0.15, 0.2) is 0 Å². The van der Waals surface area contributed by atoms with E-state index in [1.807, 2.05) is 28.2 Å². The van der Waals surface area contributed by atoms with Crippen LogP contribution in [-0.2, 0) is 28.8 Å². The maximum atomic E-state index is 13.4. The first-order chi connectivity index (χ1) is 26.4.